The summed E-state index contributed by atoms with van der Waals surface area (Å²) in [5, 5.41) is 3.76. The summed E-state index contributed by atoms with van der Waals surface area (Å²) in [7, 11) is -1.18. The molecule has 1 aliphatic heterocycles. The van der Waals surface area contributed by atoms with Gasteiger partial charge in [-0.3, -0.25) is 4.99 Å². The van der Waals surface area contributed by atoms with Crippen LogP contribution >= 0.6 is 11.8 Å². The van der Waals surface area contributed by atoms with Gasteiger partial charge in [-0.2, -0.15) is 11.8 Å². The first-order chi connectivity index (χ1) is 8.83. The molecule has 112 valence electrons. The maximum Gasteiger partial charge on any atom is 0.193 e. The normalized spacial score (nSPS) is 21.8. The Bertz CT molecular complexity index is 407. The van der Waals surface area contributed by atoms with Crippen LogP contribution in [0, 0.1) is 5.92 Å². The Morgan fingerprint density at radius 2 is 2.21 bits per heavy atom. The second-order valence-electron chi connectivity index (χ2n) is 5.20. The molecule has 1 aliphatic rings. The van der Waals surface area contributed by atoms with E-state index < -0.39 is 9.84 Å². The Kier molecular flexibility index (Phi) is 6.46. The number of nitrogens with zero attached hydrogens (tertiary/aromatic N) is 2. The Morgan fingerprint density at radius 1 is 1.53 bits per heavy atom. The summed E-state index contributed by atoms with van der Waals surface area (Å²) in [5.41, 5.74) is 0. The quantitative estimate of drug-likeness (QED) is 0.611. The minimum absolute atomic E-state index is 0.141. The molecule has 1 atom stereocenters. The van der Waals surface area contributed by atoms with Crippen molar-refractivity contribution >= 4 is 27.6 Å². The first-order valence-electron chi connectivity index (χ1n) is 6.58. The molecule has 7 heteroatoms. The largest absolute Gasteiger partial charge is 0.355 e. The summed E-state index contributed by atoms with van der Waals surface area (Å²) < 4.78 is 22.2. The van der Waals surface area contributed by atoms with Gasteiger partial charge in [-0.05, 0) is 5.92 Å². The molecule has 1 unspecified atom stereocenters. The lowest BCUT2D eigenvalue weighted by Gasteiger charge is -2.36. The van der Waals surface area contributed by atoms with E-state index in [1.165, 1.54) is 6.26 Å². The first kappa shape index (κ1) is 16.6. The number of rotatable bonds is 4. The van der Waals surface area contributed by atoms with Gasteiger partial charge in [0, 0.05) is 43.9 Å². The van der Waals surface area contributed by atoms with Gasteiger partial charge in [0.25, 0.3) is 0 Å². The van der Waals surface area contributed by atoms with Crippen LogP contribution in [-0.2, 0) is 9.84 Å². The number of guanidine groups is 1. The van der Waals surface area contributed by atoms with Crippen molar-refractivity contribution in [1.29, 1.82) is 0 Å². The maximum absolute atomic E-state index is 11.1. The van der Waals surface area contributed by atoms with Crippen molar-refractivity contribution in [2.45, 2.75) is 19.1 Å². The van der Waals surface area contributed by atoms with E-state index in [1.54, 1.807) is 7.05 Å². The zero-order chi connectivity index (χ0) is 14.5. The predicted octanol–water partition coefficient (Wildman–Crippen LogP) is 0.680. The molecule has 0 radical (unpaired) electrons. The highest BCUT2D eigenvalue weighted by Gasteiger charge is 2.24. The van der Waals surface area contributed by atoms with Crippen LogP contribution in [0.4, 0.5) is 0 Å². The van der Waals surface area contributed by atoms with Crippen molar-refractivity contribution in [3.63, 3.8) is 0 Å². The molecule has 0 bridgehead atoms. The van der Waals surface area contributed by atoms with E-state index in [9.17, 15) is 8.42 Å². The highest BCUT2D eigenvalue weighted by atomic mass is 32.2. The molecule has 1 saturated heterocycles. The highest BCUT2D eigenvalue weighted by Crippen LogP contribution is 2.24. The second-order valence-corrected chi connectivity index (χ2v) is 8.81. The average Bonchev–Trinajstić information content (AvgIpc) is 2.33. The Hall–Kier alpha value is -0.430. The lowest BCUT2D eigenvalue weighted by Crippen LogP contribution is -2.49. The molecule has 1 N–H and O–H groups in total. The Balaban J connectivity index is 2.51. The van der Waals surface area contributed by atoms with Crippen LogP contribution in [-0.4, -0.2) is 69.0 Å². The van der Waals surface area contributed by atoms with E-state index in [4.69, 9.17) is 0 Å². The predicted molar refractivity (Wildman–Crippen MR) is 83.7 cm³/mol. The van der Waals surface area contributed by atoms with Crippen LogP contribution in [0.15, 0.2) is 4.99 Å². The van der Waals surface area contributed by atoms with E-state index >= 15 is 0 Å². The minimum Gasteiger partial charge on any atom is -0.355 e. The molecule has 19 heavy (non-hydrogen) atoms. The summed E-state index contributed by atoms with van der Waals surface area (Å²) in [4.78, 5) is 6.48. The Morgan fingerprint density at radius 3 is 2.74 bits per heavy atom. The van der Waals surface area contributed by atoms with Crippen molar-refractivity contribution in [3.05, 3.63) is 0 Å². The molecule has 1 rings (SSSR count). The van der Waals surface area contributed by atoms with Gasteiger partial charge in [-0.25, -0.2) is 8.42 Å². The number of nitrogens with one attached hydrogen (secondary N) is 1. The van der Waals surface area contributed by atoms with E-state index in [1.807, 2.05) is 11.8 Å². The standard InChI is InChI=1S/C12H25N3O2S2/c1-10(2)11-9-15(6-7-18-11)12(13-3)14-5-8-19(4,16)17/h10-11H,5-9H2,1-4H3,(H,13,14). The molecule has 0 aromatic carbocycles. The molecular weight excluding hydrogens is 282 g/mol. The average molecular weight is 307 g/mol. The van der Waals surface area contributed by atoms with Gasteiger partial charge in [0.1, 0.15) is 9.84 Å². The molecular formula is C12H25N3O2S2. The summed E-state index contributed by atoms with van der Waals surface area (Å²) in [5.74, 6) is 2.69. The molecule has 1 heterocycles. The fourth-order valence-electron chi connectivity index (χ4n) is 1.95. The molecule has 0 saturated carbocycles. The molecule has 5 nitrogen and oxygen atoms in total. The third kappa shape index (κ3) is 6.03. The van der Waals surface area contributed by atoms with Crippen molar-refractivity contribution < 1.29 is 8.42 Å². The summed E-state index contributed by atoms with van der Waals surface area (Å²) in [6, 6.07) is 0. The zero-order valence-corrected chi connectivity index (χ0v) is 13.9. The second kappa shape index (κ2) is 7.38. The van der Waals surface area contributed by atoms with Crippen LogP contribution in [0.1, 0.15) is 13.8 Å². The van der Waals surface area contributed by atoms with E-state index in [2.05, 4.69) is 29.1 Å². The molecule has 0 aliphatic carbocycles. The lowest BCUT2D eigenvalue weighted by atomic mass is 10.1. The molecule has 0 aromatic heterocycles. The van der Waals surface area contributed by atoms with Gasteiger partial charge < -0.3 is 10.2 Å². The molecule has 0 amide bonds. The van der Waals surface area contributed by atoms with Crippen LogP contribution in [0.2, 0.25) is 0 Å². The van der Waals surface area contributed by atoms with Crippen molar-refractivity contribution in [3.8, 4) is 0 Å². The fourth-order valence-corrected chi connectivity index (χ4v) is 3.72. The van der Waals surface area contributed by atoms with Crippen LogP contribution in [0.5, 0.6) is 0 Å². The number of hydrogen-bond acceptors (Lipinski definition) is 4. The SMILES string of the molecule is CN=C(NCCS(C)(=O)=O)N1CCSC(C(C)C)C1. The maximum atomic E-state index is 11.1. The number of sulfone groups is 1. The molecule has 1 fully saturated rings. The van der Waals surface area contributed by atoms with Crippen molar-refractivity contribution in [1.82, 2.24) is 10.2 Å². The van der Waals surface area contributed by atoms with Gasteiger partial charge in [0.05, 0.1) is 5.75 Å². The Labute approximate surface area is 121 Å². The fraction of sp³-hybridized carbons (Fsp3) is 0.917. The molecule has 0 aromatic rings. The van der Waals surface area contributed by atoms with Crippen LogP contribution in [0.3, 0.4) is 0 Å². The van der Waals surface area contributed by atoms with Gasteiger partial charge in [0.15, 0.2) is 5.96 Å². The summed E-state index contributed by atoms with van der Waals surface area (Å²) >= 11 is 2.01. The van der Waals surface area contributed by atoms with Crippen LogP contribution in [0.25, 0.3) is 0 Å². The molecule has 0 spiro atoms. The van der Waals surface area contributed by atoms with E-state index in [-0.39, 0.29) is 5.75 Å². The lowest BCUT2D eigenvalue weighted by molar-refractivity contribution is 0.382. The third-order valence-electron chi connectivity index (χ3n) is 3.10. The van der Waals surface area contributed by atoms with E-state index in [0.29, 0.717) is 17.7 Å². The number of aliphatic imine (C=N–C) groups is 1. The van der Waals surface area contributed by atoms with Gasteiger partial charge >= 0.3 is 0 Å². The third-order valence-corrected chi connectivity index (χ3v) is 5.59. The summed E-state index contributed by atoms with van der Waals surface area (Å²) in [6.45, 7) is 6.83. The summed E-state index contributed by atoms with van der Waals surface area (Å²) in [6.07, 6.45) is 1.25. The van der Waals surface area contributed by atoms with E-state index in [0.717, 1.165) is 24.8 Å². The van der Waals surface area contributed by atoms with Crippen molar-refractivity contribution in [2.75, 3.05) is 44.4 Å². The van der Waals surface area contributed by atoms with Gasteiger partial charge in [-0.15, -0.1) is 0 Å². The zero-order valence-electron chi connectivity index (χ0n) is 12.2. The monoisotopic (exact) mass is 307 g/mol. The number of thioether (sulfide) groups is 1. The van der Waals surface area contributed by atoms with Gasteiger partial charge in [0.2, 0.25) is 0 Å². The van der Waals surface area contributed by atoms with Crippen molar-refractivity contribution in [2.24, 2.45) is 10.9 Å². The first-order valence-corrected chi connectivity index (χ1v) is 9.69. The number of hydrogen-bond donors (Lipinski definition) is 1. The minimum atomic E-state index is -2.92. The van der Waals surface area contributed by atoms with Crippen LogP contribution < -0.4 is 5.32 Å². The smallest absolute Gasteiger partial charge is 0.193 e. The topological polar surface area (TPSA) is 61.8 Å². The highest BCUT2D eigenvalue weighted by molar-refractivity contribution is 8.00. The van der Waals surface area contributed by atoms with Gasteiger partial charge in [-0.1, -0.05) is 13.8 Å².